The zero-order chi connectivity index (χ0) is 20.1. The molecule has 0 N–H and O–H groups in total. The highest BCUT2D eigenvalue weighted by molar-refractivity contribution is 8.00. The molecular weight excluding hydrogens is 372 g/mol. The van der Waals surface area contributed by atoms with Gasteiger partial charge in [-0.05, 0) is 31.9 Å². The second kappa shape index (κ2) is 9.24. The van der Waals surface area contributed by atoms with E-state index in [1.165, 1.54) is 18.2 Å². The second-order valence-corrected chi connectivity index (χ2v) is 8.61. The Labute approximate surface area is 169 Å². The number of thioether (sulfide) groups is 1. The summed E-state index contributed by atoms with van der Waals surface area (Å²) in [7, 11) is 1.71. The van der Waals surface area contributed by atoms with E-state index in [-0.39, 0.29) is 22.8 Å². The van der Waals surface area contributed by atoms with E-state index in [9.17, 15) is 9.59 Å². The Morgan fingerprint density at radius 2 is 2.07 bits per heavy atom. The van der Waals surface area contributed by atoms with Gasteiger partial charge in [0.15, 0.2) is 5.16 Å². The lowest BCUT2D eigenvalue weighted by Crippen LogP contribution is -2.35. The third kappa shape index (κ3) is 4.39. The van der Waals surface area contributed by atoms with Crippen LogP contribution in [0, 0.1) is 11.3 Å². The zero-order valence-electron chi connectivity index (χ0n) is 16.4. The van der Waals surface area contributed by atoms with Crippen molar-refractivity contribution in [2.24, 2.45) is 0 Å². The molecule has 0 bridgehead atoms. The van der Waals surface area contributed by atoms with E-state index >= 15 is 0 Å². The Morgan fingerprint density at radius 1 is 1.36 bits per heavy atom. The van der Waals surface area contributed by atoms with Crippen LogP contribution in [0.4, 0.5) is 0 Å². The van der Waals surface area contributed by atoms with Gasteiger partial charge in [-0.15, -0.1) is 0 Å². The van der Waals surface area contributed by atoms with Crippen molar-refractivity contribution < 1.29 is 4.79 Å². The fourth-order valence-corrected chi connectivity index (χ4v) is 4.81. The van der Waals surface area contributed by atoms with Gasteiger partial charge >= 0.3 is 0 Å². The average molecular weight is 399 g/mol. The van der Waals surface area contributed by atoms with Crippen LogP contribution in [0.25, 0.3) is 10.9 Å². The highest BCUT2D eigenvalue weighted by Gasteiger charge is 2.25. The monoisotopic (exact) mass is 398 g/mol. The third-order valence-corrected chi connectivity index (χ3v) is 6.33. The quantitative estimate of drug-likeness (QED) is 0.547. The van der Waals surface area contributed by atoms with Crippen LogP contribution in [0.2, 0.25) is 0 Å². The van der Waals surface area contributed by atoms with Gasteiger partial charge in [0.05, 0.1) is 28.6 Å². The zero-order valence-corrected chi connectivity index (χ0v) is 17.2. The van der Waals surface area contributed by atoms with Crippen molar-refractivity contribution in [1.29, 1.82) is 5.26 Å². The summed E-state index contributed by atoms with van der Waals surface area (Å²) in [4.78, 5) is 32.3. The summed E-state index contributed by atoms with van der Waals surface area (Å²) < 4.78 is 1.82. The summed E-state index contributed by atoms with van der Waals surface area (Å²) >= 11 is 1.34. The molecule has 0 aliphatic heterocycles. The first-order chi connectivity index (χ1) is 13.5. The molecule has 148 valence electrons. The smallest absolute Gasteiger partial charge is 0.262 e. The molecule has 1 aliphatic rings. The summed E-state index contributed by atoms with van der Waals surface area (Å²) in [6.07, 6.45) is 5.67. The first-order valence-corrected chi connectivity index (χ1v) is 10.7. The van der Waals surface area contributed by atoms with E-state index in [2.05, 4.69) is 6.07 Å². The van der Waals surface area contributed by atoms with E-state index in [1.807, 2.05) is 35.8 Å². The van der Waals surface area contributed by atoms with Gasteiger partial charge in [0, 0.05) is 19.6 Å². The van der Waals surface area contributed by atoms with Crippen LogP contribution in [0.15, 0.2) is 34.2 Å². The highest BCUT2D eigenvalue weighted by Crippen LogP contribution is 2.32. The van der Waals surface area contributed by atoms with Crippen molar-refractivity contribution >= 4 is 28.6 Å². The van der Waals surface area contributed by atoms with Crippen LogP contribution in [0.3, 0.4) is 0 Å². The molecule has 1 amide bonds. The van der Waals surface area contributed by atoms with Crippen molar-refractivity contribution in [3.63, 3.8) is 0 Å². The fraction of sp³-hybridized carbons (Fsp3) is 0.524. The number of nitriles is 1. The number of amides is 1. The van der Waals surface area contributed by atoms with Gasteiger partial charge in [0.1, 0.15) is 0 Å². The molecule has 1 aromatic carbocycles. The van der Waals surface area contributed by atoms with E-state index in [4.69, 9.17) is 10.2 Å². The highest BCUT2D eigenvalue weighted by atomic mass is 32.2. The minimum absolute atomic E-state index is 0.0162. The first-order valence-electron chi connectivity index (χ1n) is 9.82. The van der Waals surface area contributed by atoms with Gasteiger partial charge in [-0.2, -0.15) is 5.26 Å². The maximum Gasteiger partial charge on any atom is 0.262 e. The molecule has 1 atom stereocenters. The van der Waals surface area contributed by atoms with Gasteiger partial charge in [-0.25, -0.2) is 4.98 Å². The predicted molar refractivity (Wildman–Crippen MR) is 111 cm³/mol. The van der Waals surface area contributed by atoms with Gasteiger partial charge in [0.25, 0.3) is 5.56 Å². The van der Waals surface area contributed by atoms with Crippen LogP contribution in [0.1, 0.15) is 51.5 Å². The summed E-state index contributed by atoms with van der Waals surface area (Å²) in [6, 6.07) is 9.60. The molecule has 7 heteroatoms. The van der Waals surface area contributed by atoms with Crippen molar-refractivity contribution in [2.75, 3.05) is 13.6 Å². The Balaban J connectivity index is 1.95. The normalized spacial score (nSPS) is 15.9. The second-order valence-electron chi connectivity index (χ2n) is 7.31. The van der Waals surface area contributed by atoms with E-state index in [1.54, 1.807) is 11.9 Å². The molecule has 0 unspecified atom stereocenters. The van der Waals surface area contributed by atoms with Gasteiger partial charge in [-0.3, -0.25) is 14.2 Å². The molecule has 2 aromatic rings. The molecule has 3 rings (SSSR count). The summed E-state index contributed by atoms with van der Waals surface area (Å²) in [5.41, 5.74) is 0.650. The standard InChI is InChI=1S/C21H26N4O2S/c1-15(19(26)24(2)14-8-13-22)28-21-23-18-12-7-6-11-17(18)20(27)25(21)16-9-4-3-5-10-16/h6-7,11-12,15-16H,3-5,8-10,14H2,1-2H3/t15-/m1/s1. The molecule has 28 heavy (non-hydrogen) atoms. The van der Waals surface area contributed by atoms with Crippen LogP contribution in [-0.2, 0) is 4.79 Å². The third-order valence-electron chi connectivity index (χ3n) is 5.28. The van der Waals surface area contributed by atoms with Crippen LogP contribution in [0.5, 0.6) is 0 Å². The average Bonchev–Trinajstić information content (AvgIpc) is 2.72. The number of benzene rings is 1. The number of hydrogen-bond donors (Lipinski definition) is 0. The van der Waals surface area contributed by atoms with Crippen LogP contribution >= 0.6 is 11.8 Å². The lowest BCUT2D eigenvalue weighted by atomic mass is 9.95. The Hall–Kier alpha value is -2.33. The van der Waals surface area contributed by atoms with Gasteiger partial charge in [0.2, 0.25) is 5.91 Å². The van der Waals surface area contributed by atoms with E-state index in [0.29, 0.717) is 29.0 Å². The molecule has 1 aliphatic carbocycles. The van der Waals surface area contributed by atoms with Crippen LogP contribution in [-0.4, -0.2) is 39.2 Å². The largest absolute Gasteiger partial charge is 0.344 e. The number of carbonyl (C=O) groups excluding carboxylic acids is 1. The van der Waals surface area contributed by atoms with Crippen molar-refractivity contribution in [2.45, 2.75) is 61.9 Å². The number of rotatable bonds is 6. The van der Waals surface area contributed by atoms with E-state index in [0.717, 1.165) is 25.7 Å². The molecule has 6 nitrogen and oxygen atoms in total. The lowest BCUT2D eigenvalue weighted by molar-refractivity contribution is -0.128. The summed E-state index contributed by atoms with van der Waals surface area (Å²) in [6.45, 7) is 2.24. The maximum absolute atomic E-state index is 13.3. The number of hydrogen-bond acceptors (Lipinski definition) is 5. The molecule has 0 spiro atoms. The maximum atomic E-state index is 13.3. The number of aromatic nitrogens is 2. The van der Waals surface area contributed by atoms with Crippen LogP contribution < -0.4 is 5.56 Å². The summed E-state index contributed by atoms with van der Waals surface area (Å²) in [5, 5.41) is 9.60. The number of carbonyl (C=O) groups is 1. The Morgan fingerprint density at radius 3 is 2.79 bits per heavy atom. The van der Waals surface area contributed by atoms with Gasteiger partial charge in [-0.1, -0.05) is 43.2 Å². The number of para-hydroxylation sites is 1. The SMILES string of the molecule is C[C@@H](Sc1nc2ccccc2c(=O)n1C1CCCCC1)C(=O)N(C)CCC#N. The Bertz CT molecular complexity index is 944. The minimum Gasteiger partial charge on any atom is -0.344 e. The molecule has 1 aromatic heterocycles. The minimum atomic E-state index is -0.383. The fourth-order valence-electron chi connectivity index (χ4n) is 3.72. The number of fused-ring (bicyclic) bond motifs is 1. The first kappa shape index (κ1) is 20.4. The lowest BCUT2D eigenvalue weighted by Gasteiger charge is -2.27. The summed E-state index contributed by atoms with van der Waals surface area (Å²) in [5.74, 6) is -0.0575. The molecule has 1 saturated carbocycles. The van der Waals surface area contributed by atoms with Crippen molar-refractivity contribution in [1.82, 2.24) is 14.5 Å². The van der Waals surface area contributed by atoms with Crippen molar-refractivity contribution in [3.8, 4) is 6.07 Å². The van der Waals surface area contributed by atoms with Gasteiger partial charge < -0.3 is 4.90 Å². The van der Waals surface area contributed by atoms with E-state index < -0.39 is 0 Å². The molecule has 0 radical (unpaired) electrons. The molecule has 1 fully saturated rings. The molecule has 0 saturated heterocycles. The topological polar surface area (TPSA) is 79.0 Å². The molecule has 1 heterocycles. The predicted octanol–water partition coefficient (Wildman–Crippen LogP) is 3.75. The number of nitrogens with zero attached hydrogens (tertiary/aromatic N) is 4. The molecular formula is C21H26N4O2S. The van der Waals surface area contributed by atoms with Crippen molar-refractivity contribution in [3.05, 3.63) is 34.6 Å². The Kier molecular flexibility index (Phi) is 6.74.